The standard InChI is InChI=1S/C8H13NO5/c1-3-5-8(11,6-9(12)13)7(10)14-4-2/h3,5,11H,4,6H2,1-2H3. The van der Waals surface area contributed by atoms with Crippen LogP contribution in [0.15, 0.2) is 12.2 Å². The van der Waals surface area contributed by atoms with Crippen LogP contribution in [0.1, 0.15) is 13.8 Å². The van der Waals surface area contributed by atoms with Gasteiger partial charge in [0, 0.05) is 4.92 Å². The van der Waals surface area contributed by atoms with Gasteiger partial charge in [0.05, 0.1) is 6.61 Å². The number of rotatable bonds is 5. The van der Waals surface area contributed by atoms with Crippen LogP contribution in [0.2, 0.25) is 0 Å². The van der Waals surface area contributed by atoms with Crippen molar-refractivity contribution in [2.24, 2.45) is 0 Å². The van der Waals surface area contributed by atoms with Crippen LogP contribution >= 0.6 is 0 Å². The predicted molar refractivity (Wildman–Crippen MR) is 48.3 cm³/mol. The third-order valence-corrected chi connectivity index (χ3v) is 1.44. The molecular formula is C8H13NO5. The van der Waals surface area contributed by atoms with E-state index in [9.17, 15) is 20.0 Å². The molecule has 6 nitrogen and oxygen atoms in total. The molecule has 0 heterocycles. The van der Waals surface area contributed by atoms with Crippen molar-refractivity contribution in [3.63, 3.8) is 0 Å². The van der Waals surface area contributed by atoms with Gasteiger partial charge in [0.25, 0.3) is 0 Å². The van der Waals surface area contributed by atoms with Crippen molar-refractivity contribution in [2.45, 2.75) is 19.4 Å². The van der Waals surface area contributed by atoms with Gasteiger partial charge < -0.3 is 9.84 Å². The van der Waals surface area contributed by atoms with Crippen LogP contribution in [-0.2, 0) is 9.53 Å². The van der Waals surface area contributed by atoms with Crippen LogP contribution in [0.3, 0.4) is 0 Å². The van der Waals surface area contributed by atoms with Crippen LogP contribution in [0.25, 0.3) is 0 Å². The summed E-state index contributed by atoms with van der Waals surface area (Å²) >= 11 is 0. The van der Waals surface area contributed by atoms with E-state index >= 15 is 0 Å². The third-order valence-electron chi connectivity index (χ3n) is 1.44. The van der Waals surface area contributed by atoms with E-state index in [-0.39, 0.29) is 6.61 Å². The number of ether oxygens (including phenoxy) is 1. The summed E-state index contributed by atoms with van der Waals surface area (Å²) in [6, 6.07) is 0. The van der Waals surface area contributed by atoms with E-state index in [0.29, 0.717) is 0 Å². The Morgan fingerprint density at radius 1 is 1.71 bits per heavy atom. The molecule has 0 fully saturated rings. The number of carbonyl (C=O) groups is 1. The Bertz CT molecular complexity index is 250. The Hall–Kier alpha value is -1.43. The summed E-state index contributed by atoms with van der Waals surface area (Å²) < 4.78 is 4.52. The second-order valence-electron chi connectivity index (χ2n) is 2.64. The fourth-order valence-corrected chi connectivity index (χ4v) is 0.914. The van der Waals surface area contributed by atoms with Crippen molar-refractivity contribution in [2.75, 3.05) is 13.2 Å². The number of aliphatic hydroxyl groups is 1. The van der Waals surface area contributed by atoms with Crippen LogP contribution in [-0.4, -0.2) is 34.8 Å². The number of hydrogen-bond donors (Lipinski definition) is 1. The summed E-state index contributed by atoms with van der Waals surface area (Å²) in [7, 11) is 0. The van der Waals surface area contributed by atoms with Crippen LogP contribution < -0.4 is 0 Å². The normalized spacial score (nSPS) is 15.1. The average molecular weight is 203 g/mol. The molecule has 0 amide bonds. The molecule has 0 saturated heterocycles. The van der Waals surface area contributed by atoms with Crippen molar-refractivity contribution in [1.29, 1.82) is 0 Å². The fraction of sp³-hybridized carbons (Fsp3) is 0.625. The van der Waals surface area contributed by atoms with Gasteiger partial charge in [-0.1, -0.05) is 6.08 Å². The monoisotopic (exact) mass is 203 g/mol. The van der Waals surface area contributed by atoms with Crippen molar-refractivity contribution in [1.82, 2.24) is 0 Å². The maximum atomic E-state index is 11.2. The number of hydrogen-bond acceptors (Lipinski definition) is 5. The van der Waals surface area contributed by atoms with Gasteiger partial charge >= 0.3 is 5.97 Å². The Balaban J connectivity index is 4.69. The Kier molecular flexibility index (Phi) is 4.79. The topological polar surface area (TPSA) is 89.7 Å². The molecule has 80 valence electrons. The van der Waals surface area contributed by atoms with Gasteiger partial charge in [-0.2, -0.15) is 0 Å². The first-order valence-electron chi connectivity index (χ1n) is 4.11. The first-order valence-corrected chi connectivity index (χ1v) is 4.11. The lowest BCUT2D eigenvalue weighted by molar-refractivity contribution is -0.494. The molecule has 1 unspecified atom stereocenters. The minimum Gasteiger partial charge on any atom is -0.463 e. The summed E-state index contributed by atoms with van der Waals surface area (Å²) in [5.74, 6) is -1.00. The molecule has 6 heteroatoms. The maximum absolute atomic E-state index is 11.2. The first-order chi connectivity index (χ1) is 6.46. The summed E-state index contributed by atoms with van der Waals surface area (Å²) in [5.41, 5.74) is -2.16. The van der Waals surface area contributed by atoms with E-state index < -0.39 is 23.0 Å². The molecule has 0 aliphatic carbocycles. The zero-order chi connectivity index (χ0) is 11.2. The van der Waals surface area contributed by atoms with E-state index in [1.54, 1.807) is 13.8 Å². The highest BCUT2D eigenvalue weighted by molar-refractivity contribution is 5.81. The molecule has 0 aromatic rings. The predicted octanol–water partition coefficient (Wildman–Crippen LogP) is 0.133. The number of nitrogens with zero attached hydrogens (tertiary/aromatic N) is 1. The molecule has 1 N–H and O–H groups in total. The second kappa shape index (κ2) is 5.33. The number of allylic oxidation sites excluding steroid dienone is 1. The zero-order valence-corrected chi connectivity index (χ0v) is 8.10. The molecule has 0 saturated carbocycles. The van der Waals surface area contributed by atoms with Crippen molar-refractivity contribution in [3.05, 3.63) is 22.3 Å². The van der Waals surface area contributed by atoms with E-state index in [1.807, 2.05) is 0 Å². The molecule has 1 atom stereocenters. The third kappa shape index (κ3) is 3.53. The molecule has 14 heavy (non-hydrogen) atoms. The van der Waals surface area contributed by atoms with Gasteiger partial charge in [0.2, 0.25) is 12.1 Å². The minimum absolute atomic E-state index is 0.0659. The minimum atomic E-state index is -2.16. The highest BCUT2D eigenvalue weighted by atomic mass is 16.6. The maximum Gasteiger partial charge on any atom is 0.349 e. The molecule has 0 aromatic heterocycles. The van der Waals surface area contributed by atoms with Gasteiger partial charge in [-0.25, -0.2) is 4.79 Å². The smallest absolute Gasteiger partial charge is 0.349 e. The second-order valence-corrected chi connectivity index (χ2v) is 2.64. The highest BCUT2D eigenvalue weighted by Gasteiger charge is 2.40. The SMILES string of the molecule is CC=CC(O)(C[N+](=O)[O-])C(=O)OCC. The van der Waals surface area contributed by atoms with E-state index in [0.717, 1.165) is 6.08 Å². The van der Waals surface area contributed by atoms with Crippen LogP contribution in [0.5, 0.6) is 0 Å². The summed E-state index contributed by atoms with van der Waals surface area (Å²) in [6.07, 6.45) is 2.41. The molecule has 0 aliphatic heterocycles. The van der Waals surface area contributed by atoms with E-state index in [2.05, 4.69) is 4.74 Å². The number of carbonyl (C=O) groups excluding carboxylic acids is 1. The summed E-state index contributed by atoms with van der Waals surface area (Å²) in [5, 5.41) is 19.8. The lowest BCUT2D eigenvalue weighted by Crippen LogP contribution is -2.44. The fourth-order valence-electron chi connectivity index (χ4n) is 0.914. The van der Waals surface area contributed by atoms with Gasteiger partial charge in [0.1, 0.15) is 0 Å². The molecule has 0 radical (unpaired) electrons. The van der Waals surface area contributed by atoms with Gasteiger partial charge in [0.15, 0.2) is 0 Å². The quantitative estimate of drug-likeness (QED) is 0.297. The van der Waals surface area contributed by atoms with Crippen molar-refractivity contribution in [3.8, 4) is 0 Å². The van der Waals surface area contributed by atoms with E-state index in [1.165, 1.54) is 6.08 Å². The molecule has 0 aliphatic rings. The van der Waals surface area contributed by atoms with Crippen molar-refractivity contribution >= 4 is 5.97 Å². The van der Waals surface area contributed by atoms with E-state index in [4.69, 9.17) is 0 Å². The molecule has 0 aromatic carbocycles. The molecule has 0 bridgehead atoms. The number of esters is 1. The lowest BCUT2D eigenvalue weighted by atomic mass is 10.0. The lowest BCUT2D eigenvalue weighted by Gasteiger charge is -2.17. The van der Waals surface area contributed by atoms with Crippen molar-refractivity contribution < 1.29 is 19.6 Å². The zero-order valence-electron chi connectivity index (χ0n) is 8.10. The molecule has 0 spiro atoms. The summed E-state index contributed by atoms with van der Waals surface area (Å²) in [4.78, 5) is 20.6. The highest BCUT2D eigenvalue weighted by Crippen LogP contribution is 2.10. The average Bonchev–Trinajstić information content (AvgIpc) is 2.03. The van der Waals surface area contributed by atoms with Gasteiger partial charge in [-0.3, -0.25) is 10.1 Å². The number of nitro groups is 1. The van der Waals surface area contributed by atoms with Gasteiger partial charge in [-0.05, 0) is 19.9 Å². The van der Waals surface area contributed by atoms with Crippen LogP contribution in [0.4, 0.5) is 0 Å². The first kappa shape index (κ1) is 12.6. The Labute approximate surface area is 81.3 Å². The van der Waals surface area contributed by atoms with Crippen LogP contribution in [0, 0.1) is 10.1 Å². The Morgan fingerprint density at radius 3 is 2.64 bits per heavy atom. The molecule has 0 rings (SSSR count). The largest absolute Gasteiger partial charge is 0.463 e. The summed E-state index contributed by atoms with van der Waals surface area (Å²) in [6.45, 7) is 2.27. The molecular weight excluding hydrogens is 190 g/mol. The Morgan fingerprint density at radius 2 is 2.29 bits per heavy atom. The van der Waals surface area contributed by atoms with Gasteiger partial charge in [-0.15, -0.1) is 0 Å².